The fourth-order valence-electron chi connectivity index (χ4n) is 1.01. The quantitative estimate of drug-likeness (QED) is 0.759. The highest BCUT2D eigenvalue weighted by Crippen LogP contribution is 2.26. The minimum absolute atomic E-state index is 0.273. The third-order valence-corrected chi connectivity index (χ3v) is 2.03. The zero-order chi connectivity index (χ0) is 11.5. The van der Waals surface area contributed by atoms with Gasteiger partial charge in [-0.3, -0.25) is 0 Å². The van der Waals surface area contributed by atoms with Gasteiger partial charge in [-0.05, 0) is 12.1 Å². The molecule has 0 fully saturated rings. The molecule has 0 unspecified atom stereocenters. The number of benzene rings is 1. The van der Waals surface area contributed by atoms with Crippen LogP contribution in [-0.2, 0) is 0 Å². The molecule has 3 nitrogen and oxygen atoms in total. The first-order valence-corrected chi connectivity index (χ1v) is 4.65. The Kier molecular flexibility index (Phi) is 2.96. The molecular weight excluding hydrogens is 238 g/mol. The maximum Gasteiger partial charge on any atom is 0.324 e. The molecule has 2 rings (SSSR count). The predicted octanol–water partition coefficient (Wildman–Crippen LogP) is 3.20. The van der Waals surface area contributed by atoms with Crippen molar-refractivity contribution in [3.8, 4) is 11.8 Å². The smallest absolute Gasteiger partial charge is 0.324 e. The number of hydrogen-bond donors (Lipinski definition) is 0. The van der Waals surface area contributed by atoms with Gasteiger partial charge < -0.3 is 4.74 Å². The maximum absolute atomic E-state index is 12.7. The van der Waals surface area contributed by atoms with Crippen LogP contribution in [0.1, 0.15) is 0 Å². The second kappa shape index (κ2) is 4.40. The van der Waals surface area contributed by atoms with Crippen LogP contribution in [-0.4, -0.2) is 9.97 Å². The highest BCUT2D eigenvalue weighted by molar-refractivity contribution is 6.32. The highest BCUT2D eigenvalue weighted by atomic mass is 35.5. The lowest BCUT2D eigenvalue weighted by atomic mass is 10.3. The van der Waals surface area contributed by atoms with Crippen LogP contribution in [0.4, 0.5) is 8.78 Å². The number of para-hydroxylation sites is 1. The molecule has 2 aromatic rings. The molecule has 16 heavy (non-hydrogen) atoms. The van der Waals surface area contributed by atoms with Crippen molar-refractivity contribution in [2.45, 2.75) is 0 Å². The predicted molar refractivity (Wildman–Crippen MR) is 53.5 cm³/mol. The summed E-state index contributed by atoms with van der Waals surface area (Å²) in [6.45, 7) is 0. The van der Waals surface area contributed by atoms with Gasteiger partial charge in [0.15, 0.2) is 5.82 Å². The van der Waals surface area contributed by atoms with Crippen LogP contribution in [0, 0.1) is 11.8 Å². The van der Waals surface area contributed by atoms with Gasteiger partial charge in [-0.2, -0.15) is 9.37 Å². The molecule has 0 atom stereocenters. The molecule has 0 aliphatic heterocycles. The Hall–Kier alpha value is -1.75. The number of nitrogens with zero attached hydrogens (tertiary/aromatic N) is 2. The second-order valence-electron chi connectivity index (χ2n) is 2.82. The molecule has 0 amide bonds. The lowest BCUT2D eigenvalue weighted by molar-refractivity contribution is 0.401. The average Bonchev–Trinajstić information content (AvgIpc) is 2.27. The van der Waals surface area contributed by atoms with E-state index < -0.39 is 11.8 Å². The van der Waals surface area contributed by atoms with Gasteiger partial charge in [0.05, 0.1) is 11.2 Å². The Labute approximate surface area is 94.7 Å². The fourth-order valence-corrected chi connectivity index (χ4v) is 1.18. The third kappa shape index (κ3) is 2.25. The zero-order valence-corrected chi connectivity index (χ0v) is 8.58. The second-order valence-corrected chi connectivity index (χ2v) is 3.23. The molecule has 1 heterocycles. The molecule has 0 bridgehead atoms. The maximum atomic E-state index is 12.7. The summed E-state index contributed by atoms with van der Waals surface area (Å²) in [5.41, 5.74) is 0. The van der Waals surface area contributed by atoms with Gasteiger partial charge in [0, 0.05) is 0 Å². The normalized spacial score (nSPS) is 10.2. The molecule has 0 aliphatic rings. The number of rotatable bonds is 2. The fraction of sp³-hybridized carbons (Fsp3) is 0. The first-order chi connectivity index (χ1) is 7.66. The largest absolute Gasteiger partial charge is 0.423 e. The van der Waals surface area contributed by atoms with Crippen molar-refractivity contribution in [1.82, 2.24) is 9.97 Å². The van der Waals surface area contributed by atoms with Gasteiger partial charge in [0.25, 0.3) is 5.95 Å². The minimum atomic E-state index is -1.27. The summed E-state index contributed by atoms with van der Waals surface area (Å²) in [5.74, 6) is -2.13. The summed E-state index contributed by atoms with van der Waals surface area (Å²) in [7, 11) is 0. The van der Waals surface area contributed by atoms with Crippen molar-refractivity contribution < 1.29 is 13.5 Å². The molecule has 0 aliphatic carbocycles. The van der Waals surface area contributed by atoms with Gasteiger partial charge in [0.1, 0.15) is 5.75 Å². The Morgan fingerprint density at radius 2 is 1.94 bits per heavy atom. The molecule has 0 spiro atoms. The van der Waals surface area contributed by atoms with Crippen LogP contribution in [0.3, 0.4) is 0 Å². The van der Waals surface area contributed by atoms with E-state index in [1.54, 1.807) is 24.3 Å². The van der Waals surface area contributed by atoms with E-state index in [1.165, 1.54) is 0 Å². The summed E-state index contributed by atoms with van der Waals surface area (Å²) >= 11 is 5.80. The molecule has 0 N–H and O–H groups in total. The Morgan fingerprint density at radius 3 is 2.62 bits per heavy atom. The molecule has 6 heteroatoms. The lowest BCUT2D eigenvalue weighted by Crippen LogP contribution is -1.97. The van der Waals surface area contributed by atoms with E-state index in [0.717, 1.165) is 0 Å². The van der Waals surface area contributed by atoms with Crippen molar-refractivity contribution >= 4 is 11.6 Å². The number of ether oxygens (including phenoxy) is 1. The molecule has 1 aromatic carbocycles. The molecule has 1 aromatic heterocycles. The van der Waals surface area contributed by atoms with Crippen LogP contribution < -0.4 is 4.74 Å². The van der Waals surface area contributed by atoms with Gasteiger partial charge in [-0.1, -0.05) is 23.7 Å². The average molecular weight is 243 g/mol. The first-order valence-electron chi connectivity index (χ1n) is 4.27. The van der Waals surface area contributed by atoms with Crippen molar-refractivity contribution in [3.05, 3.63) is 47.2 Å². The van der Waals surface area contributed by atoms with Crippen molar-refractivity contribution in [1.29, 1.82) is 0 Å². The number of halogens is 3. The summed E-state index contributed by atoms with van der Waals surface area (Å²) < 4.78 is 30.4. The van der Waals surface area contributed by atoms with Gasteiger partial charge in [0.2, 0.25) is 0 Å². The Morgan fingerprint density at radius 1 is 1.19 bits per heavy atom. The number of aromatic nitrogens is 2. The Bertz CT molecular complexity index is 522. The summed E-state index contributed by atoms with van der Waals surface area (Å²) in [6, 6.07) is 6.25. The monoisotopic (exact) mass is 242 g/mol. The molecule has 0 saturated carbocycles. The van der Waals surface area contributed by atoms with Gasteiger partial charge >= 0.3 is 6.01 Å². The van der Waals surface area contributed by atoms with Crippen molar-refractivity contribution in [2.75, 3.05) is 0 Å². The molecule has 0 radical (unpaired) electrons. The van der Waals surface area contributed by atoms with Crippen molar-refractivity contribution in [3.63, 3.8) is 0 Å². The van der Waals surface area contributed by atoms with Crippen LogP contribution in [0.2, 0.25) is 5.02 Å². The standard InChI is InChI=1S/C10H5ClF2N2O/c11-6-3-1-2-4-8(6)16-10-14-5-7(12)9(13)15-10/h1-5H. The topological polar surface area (TPSA) is 35.0 Å². The van der Waals surface area contributed by atoms with Gasteiger partial charge in [-0.25, -0.2) is 9.37 Å². The van der Waals surface area contributed by atoms with E-state index in [0.29, 0.717) is 11.2 Å². The Balaban J connectivity index is 2.28. The molecule has 0 saturated heterocycles. The summed E-state index contributed by atoms with van der Waals surface area (Å²) in [5, 5.41) is 0.329. The van der Waals surface area contributed by atoms with Crippen LogP contribution in [0.15, 0.2) is 30.5 Å². The number of hydrogen-bond acceptors (Lipinski definition) is 3. The van der Waals surface area contributed by atoms with E-state index >= 15 is 0 Å². The first kappa shape index (κ1) is 10.8. The molecular formula is C10H5ClF2N2O. The van der Waals surface area contributed by atoms with E-state index in [9.17, 15) is 8.78 Å². The van der Waals surface area contributed by atoms with Crippen LogP contribution in [0.25, 0.3) is 0 Å². The van der Waals surface area contributed by atoms with E-state index in [4.69, 9.17) is 16.3 Å². The van der Waals surface area contributed by atoms with Crippen molar-refractivity contribution in [2.24, 2.45) is 0 Å². The summed E-state index contributed by atoms with van der Waals surface area (Å²) in [4.78, 5) is 6.64. The minimum Gasteiger partial charge on any atom is -0.423 e. The summed E-state index contributed by atoms with van der Waals surface area (Å²) in [6.07, 6.45) is 0.689. The van der Waals surface area contributed by atoms with E-state index in [-0.39, 0.29) is 11.8 Å². The van der Waals surface area contributed by atoms with Gasteiger partial charge in [-0.15, -0.1) is 0 Å². The van der Waals surface area contributed by atoms with E-state index in [1.807, 2.05) is 0 Å². The SMILES string of the molecule is Fc1cnc(Oc2ccccc2Cl)nc1F. The van der Waals surface area contributed by atoms with Crippen LogP contribution >= 0.6 is 11.6 Å². The van der Waals surface area contributed by atoms with E-state index in [2.05, 4.69) is 9.97 Å². The third-order valence-electron chi connectivity index (χ3n) is 1.72. The molecule has 82 valence electrons. The zero-order valence-electron chi connectivity index (χ0n) is 7.82. The van der Waals surface area contributed by atoms with Crippen LogP contribution in [0.5, 0.6) is 11.8 Å². The lowest BCUT2D eigenvalue weighted by Gasteiger charge is -2.04. The highest BCUT2D eigenvalue weighted by Gasteiger charge is 2.08.